The molecule has 0 atom stereocenters. The number of halogens is 2. The van der Waals surface area contributed by atoms with Crippen molar-refractivity contribution in [2.75, 3.05) is 17.5 Å². The van der Waals surface area contributed by atoms with Crippen LogP contribution in [0.15, 0.2) is 91.7 Å². The van der Waals surface area contributed by atoms with Gasteiger partial charge in [0.2, 0.25) is 0 Å². The standard InChI is InChI=1S/C24H23Br2N3O4S/c1-3-33-22-12-10-21(11-13-22)29(34(31,32)23-14-8-20(26)9-15-23)16-24(30)28-27-17(2)18-4-6-19(25)7-5-18/h4-15H,3,16H2,1-2H3,(H,28,30)/b27-17-. The summed E-state index contributed by atoms with van der Waals surface area (Å²) in [5, 5.41) is 4.13. The highest BCUT2D eigenvalue weighted by molar-refractivity contribution is 9.10. The molecule has 7 nitrogen and oxygen atoms in total. The number of hydrogen-bond donors (Lipinski definition) is 1. The summed E-state index contributed by atoms with van der Waals surface area (Å²) in [4.78, 5) is 12.8. The van der Waals surface area contributed by atoms with Crippen LogP contribution in [0.2, 0.25) is 0 Å². The lowest BCUT2D eigenvalue weighted by molar-refractivity contribution is -0.119. The molecule has 0 aromatic heterocycles. The van der Waals surface area contributed by atoms with Crippen molar-refractivity contribution in [3.63, 3.8) is 0 Å². The lowest BCUT2D eigenvalue weighted by Crippen LogP contribution is -2.39. The van der Waals surface area contributed by atoms with E-state index in [4.69, 9.17) is 4.74 Å². The molecule has 3 aromatic rings. The second kappa shape index (κ2) is 11.6. The number of anilines is 1. The van der Waals surface area contributed by atoms with Gasteiger partial charge in [0, 0.05) is 8.95 Å². The van der Waals surface area contributed by atoms with E-state index in [0.29, 0.717) is 23.8 Å². The van der Waals surface area contributed by atoms with Crippen molar-refractivity contribution in [1.82, 2.24) is 5.43 Å². The zero-order chi connectivity index (χ0) is 24.7. The van der Waals surface area contributed by atoms with Gasteiger partial charge in [0.05, 0.1) is 22.9 Å². The van der Waals surface area contributed by atoms with Crippen LogP contribution in [0.5, 0.6) is 5.75 Å². The average Bonchev–Trinajstić information content (AvgIpc) is 2.82. The maximum Gasteiger partial charge on any atom is 0.264 e. The Morgan fingerprint density at radius 1 is 0.941 bits per heavy atom. The average molecular weight is 609 g/mol. The highest BCUT2D eigenvalue weighted by Gasteiger charge is 2.27. The molecule has 0 fully saturated rings. The summed E-state index contributed by atoms with van der Waals surface area (Å²) in [7, 11) is -4.03. The van der Waals surface area contributed by atoms with Crippen molar-refractivity contribution in [1.29, 1.82) is 0 Å². The van der Waals surface area contributed by atoms with Crippen LogP contribution in [0.25, 0.3) is 0 Å². The van der Waals surface area contributed by atoms with E-state index in [2.05, 4.69) is 42.4 Å². The molecule has 34 heavy (non-hydrogen) atoms. The van der Waals surface area contributed by atoms with Gasteiger partial charge in [-0.05, 0) is 80.1 Å². The van der Waals surface area contributed by atoms with Crippen molar-refractivity contribution in [2.45, 2.75) is 18.7 Å². The fourth-order valence-corrected chi connectivity index (χ4v) is 4.94. The van der Waals surface area contributed by atoms with E-state index in [1.54, 1.807) is 43.3 Å². The molecule has 10 heteroatoms. The third-order valence-corrected chi connectivity index (χ3v) is 7.58. The molecule has 0 saturated heterocycles. The third kappa shape index (κ3) is 6.68. The summed E-state index contributed by atoms with van der Waals surface area (Å²) in [6.45, 7) is 3.65. The van der Waals surface area contributed by atoms with Crippen LogP contribution in [0, 0.1) is 0 Å². The van der Waals surface area contributed by atoms with Crippen molar-refractivity contribution < 1.29 is 17.9 Å². The molecule has 0 aliphatic carbocycles. The van der Waals surface area contributed by atoms with Gasteiger partial charge in [-0.2, -0.15) is 5.10 Å². The molecule has 3 rings (SSSR count). The normalized spacial score (nSPS) is 11.7. The van der Waals surface area contributed by atoms with Crippen LogP contribution in [-0.2, 0) is 14.8 Å². The van der Waals surface area contributed by atoms with Crippen LogP contribution in [0.1, 0.15) is 19.4 Å². The lowest BCUT2D eigenvalue weighted by atomic mass is 10.1. The minimum atomic E-state index is -4.03. The minimum absolute atomic E-state index is 0.0620. The van der Waals surface area contributed by atoms with Crippen molar-refractivity contribution >= 4 is 59.2 Å². The van der Waals surface area contributed by atoms with E-state index < -0.39 is 22.5 Å². The van der Waals surface area contributed by atoms with E-state index in [1.807, 2.05) is 31.2 Å². The molecule has 0 heterocycles. The highest BCUT2D eigenvalue weighted by atomic mass is 79.9. The molecule has 178 valence electrons. The number of nitrogens with zero attached hydrogens (tertiary/aromatic N) is 2. The third-order valence-electron chi connectivity index (χ3n) is 4.73. The SMILES string of the molecule is CCOc1ccc(N(CC(=O)N/N=C(/C)c2ccc(Br)cc2)S(=O)(=O)c2ccc(Br)cc2)cc1. The van der Waals surface area contributed by atoms with Crippen molar-refractivity contribution in [3.8, 4) is 5.75 Å². The second-order valence-corrected chi connectivity index (χ2v) is 10.8. The highest BCUT2D eigenvalue weighted by Crippen LogP contribution is 2.26. The molecule has 0 unspecified atom stereocenters. The summed E-state index contributed by atoms with van der Waals surface area (Å²) in [6, 6.07) is 20.2. The first kappa shape index (κ1) is 25.9. The number of hydrazone groups is 1. The largest absolute Gasteiger partial charge is 0.494 e. The lowest BCUT2D eigenvalue weighted by Gasteiger charge is -2.24. The predicted molar refractivity (Wildman–Crippen MR) is 141 cm³/mol. The number of amides is 1. The summed E-state index contributed by atoms with van der Waals surface area (Å²) in [5.41, 5.74) is 4.20. The Kier molecular flexibility index (Phi) is 8.87. The van der Waals surface area contributed by atoms with Gasteiger partial charge in [-0.15, -0.1) is 0 Å². The Labute approximate surface area is 216 Å². The van der Waals surface area contributed by atoms with E-state index in [1.165, 1.54) is 12.1 Å². The van der Waals surface area contributed by atoms with Gasteiger partial charge in [-0.25, -0.2) is 13.8 Å². The topological polar surface area (TPSA) is 88.1 Å². The van der Waals surface area contributed by atoms with Gasteiger partial charge in [0.15, 0.2) is 0 Å². The van der Waals surface area contributed by atoms with Gasteiger partial charge in [0.1, 0.15) is 12.3 Å². The number of sulfonamides is 1. The molecule has 0 saturated carbocycles. The van der Waals surface area contributed by atoms with Crippen LogP contribution in [0.3, 0.4) is 0 Å². The maximum atomic E-state index is 13.4. The first-order valence-electron chi connectivity index (χ1n) is 10.3. The number of hydrogen-bond acceptors (Lipinski definition) is 5. The molecule has 1 N–H and O–H groups in total. The fraction of sp³-hybridized carbons (Fsp3) is 0.167. The molecule has 0 aliphatic heterocycles. The molecule has 3 aromatic carbocycles. The van der Waals surface area contributed by atoms with Crippen LogP contribution in [-0.4, -0.2) is 33.2 Å². The summed E-state index contributed by atoms with van der Waals surface area (Å²) < 4.78 is 35.0. The molecule has 0 radical (unpaired) electrons. The Morgan fingerprint density at radius 3 is 2.06 bits per heavy atom. The summed E-state index contributed by atoms with van der Waals surface area (Å²) in [6.07, 6.45) is 0. The van der Waals surface area contributed by atoms with Crippen LogP contribution < -0.4 is 14.5 Å². The molecule has 1 amide bonds. The Hall–Kier alpha value is -2.69. The summed E-state index contributed by atoms with van der Waals surface area (Å²) in [5.74, 6) is 0.0254. The van der Waals surface area contributed by atoms with Gasteiger partial charge in [-0.3, -0.25) is 9.10 Å². The second-order valence-electron chi connectivity index (χ2n) is 7.13. The predicted octanol–water partition coefficient (Wildman–Crippen LogP) is 5.35. The van der Waals surface area contributed by atoms with Gasteiger partial charge in [0.25, 0.3) is 15.9 Å². The first-order chi connectivity index (χ1) is 16.2. The van der Waals surface area contributed by atoms with Gasteiger partial charge >= 0.3 is 0 Å². The number of carbonyl (C=O) groups is 1. The maximum absolute atomic E-state index is 13.4. The first-order valence-corrected chi connectivity index (χ1v) is 13.3. The monoisotopic (exact) mass is 607 g/mol. The van der Waals surface area contributed by atoms with Crippen LogP contribution >= 0.6 is 31.9 Å². The fourth-order valence-electron chi connectivity index (χ4n) is 2.99. The quantitative estimate of drug-likeness (QED) is 0.262. The Balaban J connectivity index is 1.87. The zero-order valence-corrected chi connectivity index (χ0v) is 22.5. The number of benzene rings is 3. The Bertz CT molecular complexity index is 1260. The number of carbonyl (C=O) groups excluding carboxylic acids is 1. The smallest absolute Gasteiger partial charge is 0.264 e. The molecule has 0 bridgehead atoms. The van der Waals surface area contributed by atoms with E-state index in [9.17, 15) is 13.2 Å². The van der Waals surface area contributed by atoms with E-state index in [-0.39, 0.29) is 4.90 Å². The number of nitrogens with one attached hydrogen (secondary N) is 1. The zero-order valence-electron chi connectivity index (χ0n) is 18.5. The molecule has 0 spiro atoms. The van der Waals surface area contributed by atoms with E-state index >= 15 is 0 Å². The summed E-state index contributed by atoms with van der Waals surface area (Å²) >= 11 is 6.69. The molecular formula is C24H23Br2N3O4S. The number of ether oxygens (including phenoxy) is 1. The van der Waals surface area contributed by atoms with Gasteiger partial charge < -0.3 is 4.74 Å². The Morgan fingerprint density at radius 2 is 1.50 bits per heavy atom. The molecule has 0 aliphatic rings. The molecular weight excluding hydrogens is 586 g/mol. The van der Waals surface area contributed by atoms with Crippen LogP contribution in [0.4, 0.5) is 5.69 Å². The van der Waals surface area contributed by atoms with Gasteiger partial charge in [-0.1, -0.05) is 44.0 Å². The van der Waals surface area contributed by atoms with Crippen molar-refractivity contribution in [3.05, 3.63) is 87.3 Å². The minimum Gasteiger partial charge on any atom is -0.494 e. The number of rotatable bonds is 9. The van der Waals surface area contributed by atoms with E-state index in [0.717, 1.165) is 18.8 Å². The van der Waals surface area contributed by atoms with Crippen molar-refractivity contribution in [2.24, 2.45) is 5.10 Å².